The van der Waals surface area contributed by atoms with Crippen molar-refractivity contribution in [1.29, 1.82) is 0 Å². The summed E-state index contributed by atoms with van der Waals surface area (Å²) >= 11 is 0. The number of para-hydroxylation sites is 1. The van der Waals surface area contributed by atoms with Crippen molar-refractivity contribution >= 4 is 11.6 Å². The van der Waals surface area contributed by atoms with Crippen LogP contribution in [0.15, 0.2) is 24.3 Å². The van der Waals surface area contributed by atoms with E-state index in [1.54, 1.807) is 0 Å². The highest BCUT2D eigenvalue weighted by molar-refractivity contribution is 5.82. The number of nitrogens with zero attached hydrogens (tertiary/aromatic N) is 1. The van der Waals surface area contributed by atoms with Gasteiger partial charge in [-0.05, 0) is 50.7 Å². The van der Waals surface area contributed by atoms with Crippen LogP contribution in [0.1, 0.15) is 39.2 Å². The lowest BCUT2D eigenvalue weighted by Gasteiger charge is -2.41. The fraction of sp³-hybridized carbons (Fsp3) is 0.611. The van der Waals surface area contributed by atoms with Gasteiger partial charge in [-0.3, -0.25) is 4.79 Å². The van der Waals surface area contributed by atoms with Crippen LogP contribution in [0.4, 0.5) is 5.69 Å². The number of likely N-dealkylation sites (tertiary alicyclic amines) is 1. The number of rotatable bonds is 1. The van der Waals surface area contributed by atoms with Crippen molar-refractivity contribution in [3.05, 3.63) is 29.8 Å². The van der Waals surface area contributed by atoms with E-state index in [1.165, 1.54) is 11.3 Å². The summed E-state index contributed by atoms with van der Waals surface area (Å²) in [6, 6.07) is 8.94. The molecule has 1 saturated heterocycles. The van der Waals surface area contributed by atoms with Gasteiger partial charge in [0.15, 0.2) is 0 Å². The highest BCUT2D eigenvalue weighted by atomic mass is 16.2. The standard InChI is InChI=1S/C18H26N2O/c1-12-8-9-20(13(2)10-12)18(21)16-11-15-6-4-5-7-17(15)19-14(16)3/h4-7,12-14,16,19H,8-11H2,1-3H3. The molecule has 0 saturated carbocycles. The zero-order valence-corrected chi connectivity index (χ0v) is 13.3. The number of piperidine rings is 1. The van der Waals surface area contributed by atoms with Crippen molar-refractivity contribution < 1.29 is 4.79 Å². The molecule has 2 aliphatic rings. The molecule has 1 aromatic rings. The van der Waals surface area contributed by atoms with Crippen molar-refractivity contribution in [2.24, 2.45) is 11.8 Å². The summed E-state index contributed by atoms with van der Waals surface area (Å²) in [6.45, 7) is 7.55. The molecule has 1 fully saturated rings. The maximum atomic E-state index is 13.0. The Hall–Kier alpha value is -1.51. The van der Waals surface area contributed by atoms with Crippen molar-refractivity contribution in [2.75, 3.05) is 11.9 Å². The Balaban J connectivity index is 1.76. The van der Waals surface area contributed by atoms with Crippen LogP contribution in [0.25, 0.3) is 0 Å². The van der Waals surface area contributed by atoms with Crippen LogP contribution >= 0.6 is 0 Å². The highest BCUT2D eigenvalue weighted by Gasteiger charge is 2.36. The molecule has 4 atom stereocenters. The number of amides is 1. The lowest BCUT2D eigenvalue weighted by Crippen LogP contribution is -2.51. The third-order valence-corrected chi connectivity index (χ3v) is 5.18. The normalized spacial score (nSPS) is 32.2. The Bertz CT molecular complexity index is 528. The largest absolute Gasteiger partial charge is 0.382 e. The first-order chi connectivity index (χ1) is 10.1. The van der Waals surface area contributed by atoms with E-state index in [0.29, 0.717) is 11.9 Å². The summed E-state index contributed by atoms with van der Waals surface area (Å²) in [5.74, 6) is 1.14. The van der Waals surface area contributed by atoms with Crippen LogP contribution in [0.5, 0.6) is 0 Å². The molecule has 21 heavy (non-hydrogen) atoms. The summed E-state index contributed by atoms with van der Waals surface area (Å²) < 4.78 is 0. The van der Waals surface area contributed by atoms with E-state index in [4.69, 9.17) is 0 Å². The van der Waals surface area contributed by atoms with Gasteiger partial charge in [-0.1, -0.05) is 25.1 Å². The molecule has 1 aromatic carbocycles. The number of hydrogen-bond acceptors (Lipinski definition) is 2. The second kappa shape index (κ2) is 5.70. The van der Waals surface area contributed by atoms with Gasteiger partial charge in [0.1, 0.15) is 0 Å². The molecule has 2 heterocycles. The molecule has 3 rings (SSSR count). The van der Waals surface area contributed by atoms with E-state index in [9.17, 15) is 4.79 Å². The summed E-state index contributed by atoms with van der Waals surface area (Å²) in [6.07, 6.45) is 3.14. The minimum absolute atomic E-state index is 0.0655. The Morgan fingerprint density at radius 2 is 2.00 bits per heavy atom. The minimum atomic E-state index is 0.0655. The lowest BCUT2D eigenvalue weighted by molar-refractivity contribution is -0.140. The average molecular weight is 286 g/mol. The van der Waals surface area contributed by atoms with E-state index >= 15 is 0 Å². The summed E-state index contributed by atoms with van der Waals surface area (Å²) in [5, 5.41) is 3.51. The Morgan fingerprint density at radius 1 is 1.24 bits per heavy atom. The zero-order chi connectivity index (χ0) is 15.0. The number of carbonyl (C=O) groups is 1. The van der Waals surface area contributed by atoms with E-state index in [0.717, 1.165) is 31.7 Å². The minimum Gasteiger partial charge on any atom is -0.382 e. The SMILES string of the molecule is CC1CCN(C(=O)C2Cc3ccccc3NC2C)C(C)C1. The molecule has 1 N–H and O–H groups in total. The monoisotopic (exact) mass is 286 g/mol. The molecule has 1 amide bonds. The van der Waals surface area contributed by atoms with Crippen LogP contribution in [0.3, 0.4) is 0 Å². The topological polar surface area (TPSA) is 32.3 Å². The first-order valence-corrected chi connectivity index (χ1v) is 8.21. The van der Waals surface area contributed by atoms with Crippen LogP contribution in [0.2, 0.25) is 0 Å². The third-order valence-electron chi connectivity index (χ3n) is 5.18. The first-order valence-electron chi connectivity index (χ1n) is 8.21. The molecule has 0 spiro atoms. The van der Waals surface area contributed by atoms with Crippen LogP contribution < -0.4 is 5.32 Å². The quantitative estimate of drug-likeness (QED) is 0.859. The van der Waals surface area contributed by atoms with Gasteiger partial charge in [0.05, 0.1) is 5.92 Å². The molecule has 0 aliphatic carbocycles. The number of benzene rings is 1. The Kier molecular flexibility index (Phi) is 3.92. The van der Waals surface area contributed by atoms with Crippen molar-refractivity contribution in [3.8, 4) is 0 Å². The summed E-state index contributed by atoms with van der Waals surface area (Å²) in [7, 11) is 0. The molecule has 0 bridgehead atoms. The van der Waals surface area contributed by atoms with E-state index in [-0.39, 0.29) is 12.0 Å². The number of fused-ring (bicyclic) bond motifs is 1. The van der Waals surface area contributed by atoms with Gasteiger partial charge in [-0.25, -0.2) is 0 Å². The predicted molar refractivity (Wildman–Crippen MR) is 86.3 cm³/mol. The van der Waals surface area contributed by atoms with Gasteiger partial charge in [0.2, 0.25) is 5.91 Å². The summed E-state index contributed by atoms with van der Waals surface area (Å²) in [5.41, 5.74) is 2.46. The fourth-order valence-corrected chi connectivity index (χ4v) is 3.85. The molecule has 0 radical (unpaired) electrons. The Morgan fingerprint density at radius 3 is 2.76 bits per heavy atom. The number of nitrogens with one attached hydrogen (secondary N) is 1. The second-order valence-corrected chi connectivity index (χ2v) is 6.91. The maximum Gasteiger partial charge on any atom is 0.228 e. The first kappa shape index (κ1) is 14.4. The van der Waals surface area contributed by atoms with E-state index in [2.05, 4.69) is 55.3 Å². The fourth-order valence-electron chi connectivity index (χ4n) is 3.85. The number of carbonyl (C=O) groups excluding carboxylic acids is 1. The molecular weight excluding hydrogens is 260 g/mol. The molecule has 114 valence electrons. The van der Waals surface area contributed by atoms with Gasteiger partial charge in [-0.2, -0.15) is 0 Å². The van der Waals surface area contributed by atoms with Crippen LogP contribution in [0, 0.1) is 11.8 Å². The van der Waals surface area contributed by atoms with Crippen molar-refractivity contribution in [3.63, 3.8) is 0 Å². The molecule has 2 aliphatic heterocycles. The molecule has 3 nitrogen and oxygen atoms in total. The van der Waals surface area contributed by atoms with E-state index < -0.39 is 0 Å². The smallest absolute Gasteiger partial charge is 0.228 e. The lowest BCUT2D eigenvalue weighted by atomic mass is 9.85. The van der Waals surface area contributed by atoms with Gasteiger partial charge in [0, 0.05) is 24.3 Å². The number of hydrogen-bond donors (Lipinski definition) is 1. The van der Waals surface area contributed by atoms with Crippen molar-refractivity contribution in [2.45, 2.75) is 52.1 Å². The molecule has 0 aromatic heterocycles. The highest BCUT2D eigenvalue weighted by Crippen LogP contribution is 2.31. The average Bonchev–Trinajstić information content (AvgIpc) is 2.46. The van der Waals surface area contributed by atoms with Crippen LogP contribution in [-0.4, -0.2) is 29.4 Å². The van der Waals surface area contributed by atoms with Crippen LogP contribution in [-0.2, 0) is 11.2 Å². The van der Waals surface area contributed by atoms with Gasteiger partial charge in [-0.15, -0.1) is 0 Å². The molecular formula is C18H26N2O. The third kappa shape index (κ3) is 2.78. The van der Waals surface area contributed by atoms with Gasteiger partial charge >= 0.3 is 0 Å². The molecule has 4 unspecified atom stereocenters. The second-order valence-electron chi connectivity index (χ2n) is 6.91. The zero-order valence-electron chi connectivity index (χ0n) is 13.3. The van der Waals surface area contributed by atoms with E-state index in [1.807, 2.05) is 0 Å². The van der Waals surface area contributed by atoms with Gasteiger partial charge in [0.25, 0.3) is 0 Å². The van der Waals surface area contributed by atoms with Gasteiger partial charge < -0.3 is 10.2 Å². The Labute approximate surface area is 127 Å². The summed E-state index contributed by atoms with van der Waals surface area (Å²) in [4.78, 5) is 15.1. The van der Waals surface area contributed by atoms with Crippen molar-refractivity contribution in [1.82, 2.24) is 4.90 Å². The number of anilines is 1. The maximum absolute atomic E-state index is 13.0. The molecule has 3 heteroatoms. The predicted octanol–water partition coefficient (Wildman–Crippen LogP) is 3.31.